The maximum absolute atomic E-state index is 12.0. The van der Waals surface area contributed by atoms with Crippen LogP contribution in [-0.2, 0) is 11.3 Å². The highest BCUT2D eigenvalue weighted by Gasteiger charge is 2.30. The molecule has 1 aromatic heterocycles. The van der Waals surface area contributed by atoms with Crippen LogP contribution in [0.5, 0.6) is 5.88 Å². The highest BCUT2D eigenvalue weighted by Crippen LogP contribution is 2.32. The molecule has 1 aliphatic rings. The summed E-state index contributed by atoms with van der Waals surface area (Å²) in [5.41, 5.74) is 2.64. The lowest BCUT2D eigenvalue weighted by Crippen LogP contribution is -2.27. The standard InChI is InChI=1S/C15H14ClN3O2/c1-21-13-5-2-9(7-17-13)8-18-14-11-6-10(16)3-4-12(11)19-15(14)20/h2-7,14,18H,8H2,1H3,(H,19,20). The van der Waals surface area contributed by atoms with Crippen LogP contribution >= 0.6 is 11.6 Å². The second kappa shape index (κ2) is 5.71. The molecular weight excluding hydrogens is 290 g/mol. The van der Waals surface area contributed by atoms with Crippen LogP contribution in [-0.4, -0.2) is 18.0 Å². The first kappa shape index (κ1) is 13.9. The summed E-state index contributed by atoms with van der Waals surface area (Å²) >= 11 is 6.00. The Morgan fingerprint density at radius 3 is 2.95 bits per heavy atom. The average Bonchev–Trinajstić information content (AvgIpc) is 2.80. The summed E-state index contributed by atoms with van der Waals surface area (Å²) in [6.45, 7) is 0.529. The molecule has 21 heavy (non-hydrogen) atoms. The highest BCUT2D eigenvalue weighted by molar-refractivity contribution is 6.31. The van der Waals surface area contributed by atoms with Gasteiger partial charge in [-0.15, -0.1) is 0 Å². The molecule has 1 atom stereocenters. The summed E-state index contributed by atoms with van der Waals surface area (Å²) in [6, 6.07) is 8.67. The number of aromatic nitrogens is 1. The van der Waals surface area contributed by atoms with Crippen LogP contribution < -0.4 is 15.4 Å². The molecule has 2 heterocycles. The number of methoxy groups -OCH3 is 1. The Morgan fingerprint density at radius 1 is 1.38 bits per heavy atom. The topological polar surface area (TPSA) is 63.2 Å². The number of nitrogens with zero attached hydrogens (tertiary/aromatic N) is 1. The van der Waals surface area contributed by atoms with Gasteiger partial charge < -0.3 is 10.1 Å². The van der Waals surface area contributed by atoms with Gasteiger partial charge in [0, 0.05) is 35.1 Å². The molecule has 0 saturated heterocycles. The third kappa shape index (κ3) is 2.84. The third-order valence-corrected chi connectivity index (χ3v) is 3.60. The molecule has 108 valence electrons. The fourth-order valence-electron chi connectivity index (χ4n) is 2.29. The van der Waals surface area contributed by atoms with Crippen molar-refractivity contribution in [3.05, 3.63) is 52.7 Å². The van der Waals surface area contributed by atoms with Gasteiger partial charge in [-0.25, -0.2) is 4.98 Å². The van der Waals surface area contributed by atoms with Crippen LogP contribution in [0, 0.1) is 0 Å². The lowest BCUT2D eigenvalue weighted by molar-refractivity contribution is -0.117. The van der Waals surface area contributed by atoms with E-state index in [1.165, 1.54) is 0 Å². The molecule has 2 N–H and O–H groups in total. The molecule has 6 heteroatoms. The van der Waals surface area contributed by atoms with Crippen LogP contribution in [0.15, 0.2) is 36.5 Å². The van der Waals surface area contributed by atoms with E-state index in [-0.39, 0.29) is 5.91 Å². The number of nitrogens with one attached hydrogen (secondary N) is 2. The lowest BCUT2D eigenvalue weighted by Gasteiger charge is -2.11. The van der Waals surface area contributed by atoms with E-state index in [2.05, 4.69) is 15.6 Å². The number of hydrogen-bond donors (Lipinski definition) is 2. The largest absolute Gasteiger partial charge is 0.481 e. The molecule has 0 bridgehead atoms. The Kier molecular flexibility index (Phi) is 3.77. The van der Waals surface area contributed by atoms with E-state index >= 15 is 0 Å². The Bertz CT molecular complexity index is 673. The second-order valence-electron chi connectivity index (χ2n) is 4.74. The predicted octanol–water partition coefficient (Wildman–Crippen LogP) is 2.53. The van der Waals surface area contributed by atoms with Gasteiger partial charge in [0.15, 0.2) is 0 Å². The third-order valence-electron chi connectivity index (χ3n) is 3.36. The summed E-state index contributed by atoms with van der Waals surface area (Å²) in [6.07, 6.45) is 1.72. The summed E-state index contributed by atoms with van der Waals surface area (Å²) in [5.74, 6) is 0.489. The average molecular weight is 304 g/mol. The van der Waals surface area contributed by atoms with Crippen LogP contribution in [0.1, 0.15) is 17.2 Å². The van der Waals surface area contributed by atoms with Crippen molar-refractivity contribution in [1.82, 2.24) is 10.3 Å². The minimum absolute atomic E-state index is 0.0752. The molecule has 0 spiro atoms. The Morgan fingerprint density at radius 2 is 2.24 bits per heavy atom. The van der Waals surface area contributed by atoms with Crippen molar-refractivity contribution < 1.29 is 9.53 Å². The minimum atomic E-state index is -0.402. The zero-order valence-electron chi connectivity index (χ0n) is 11.4. The van der Waals surface area contributed by atoms with Gasteiger partial charge in [-0.3, -0.25) is 10.1 Å². The molecule has 1 aromatic carbocycles. The van der Waals surface area contributed by atoms with Gasteiger partial charge in [0.25, 0.3) is 0 Å². The number of rotatable bonds is 4. The first-order chi connectivity index (χ1) is 10.2. The Labute approximate surface area is 127 Å². The molecular formula is C15H14ClN3O2. The number of fused-ring (bicyclic) bond motifs is 1. The van der Waals surface area contributed by atoms with Crippen molar-refractivity contribution in [3.8, 4) is 5.88 Å². The van der Waals surface area contributed by atoms with E-state index in [9.17, 15) is 4.79 Å². The number of carbonyl (C=O) groups is 1. The fraction of sp³-hybridized carbons (Fsp3) is 0.200. The molecule has 1 amide bonds. The molecule has 5 nitrogen and oxygen atoms in total. The van der Waals surface area contributed by atoms with E-state index in [1.54, 1.807) is 31.5 Å². The smallest absolute Gasteiger partial charge is 0.246 e. The van der Waals surface area contributed by atoms with E-state index in [0.717, 1.165) is 16.8 Å². The quantitative estimate of drug-likeness (QED) is 0.911. The van der Waals surface area contributed by atoms with Gasteiger partial charge in [-0.05, 0) is 23.8 Å². The van der Waals surface area contributed by atoms with Crippen molar-refractivity contribution >= 4 is 23.2 Å². The number of carbonyl (C=O) groups excluding carboxylic acids is 1. The van der Waals surface area contributed by atoms with E-state index in [1.807, 2.05) is 12.1 Å². The first-order valence-electron chi connectivity index (χ1n) is 6.50. The van der Waals surface area contributed by atoms with Gasteiger partial charge in [0.1, 0.15) is 6.04 Å². The zero-order chi connectivity index (χ0) is 14.8. The number of hydrogen-bond acceptors (Lipinski definition) is 4. The van der Waals surface area contributed by atoms with Crippen LogP contribution in [0.2, 0.25) is 5.02 Å². The van der Waals surface area contributed by atoms with Gasteiger partial charge in [-0.1, -0.05) is 17.7 Å². The maximum atomic E-state index is 12.0. The van der Waals surface area contributed by atoms with Crippen LogP contribution in [0.25, 0.3) is 0 Å². The monoisotopic (exact) mass is 303 g/mol. The van der Waals surface area contributed by atoms with Crippen molar-refractivity contribution in [1.29, 1.82) is 0 Å². The maximum Gasteiger partial charge on any atom is 0.246 e. The molecule has 0 radical (unpaired) electrons. The summed E-state index contributed by atoms with van der Waals surface area (Å²) < 4.78 is 5.01. The molecule has 1 aliphatic heterocycles. The minimum Gasteiger partial charge on any atom is -0.481 e. The summed E-state index contributed by atoms with van der Waals surface area (Å²) in [5, 5.41) is 6.66. The van der Waals surface area contributed by atoms with Crippen molar-refractivity contribution in [2.75, 3.05) is 12.4 Å². The van der Waals surface area contributed by atoms with Gasteiger partial charge in [0.2, 0.25) is 11.8 Å². The molecule has 0 fully saturated rings. The number of anilines is 1. The second-order valence-corrected chi connectivity index (χ2v) is 5.18. The first-order valence-corrected chi connectivity index (χ1v) is 6.88. The van der Waals surface area contributed by atoms with Gasteiger partial charge in [0.05, 0.1) is 7.11 Å². The summed E-state index contributed by atoms with van der Waals surface area (Å²) in [7, 11) is 1.57. The fourth-order valence-corrected chi connectivity index (χ4v) is 2.47. The van der Waals surface area contributed by atoms with E-state index in [0.29, 0.717) is 17.4 Å². The number of amides is 1. The van der Waals surface area contributed by atoms with Crippen LogP contribution in [0.4, 0.5) is 5.69 Å². The van der Waals surface area contributed by atoms with Crippen molar-refractivity contribution in [2.24, 2.45) is 0 Å². The Balaban J connectivity index is 1.73. The number of halogens is 1. The number of benzene rings is 1. The zero-order valence-corrected chi connectivity index (χ0v) is 12.1. The molecule has 1 unspecified atom stereocenters. The van der Waals surface area contributed by atoms with Crippen molar-refractivity contribution in [2.45, 2.75) is 12.6 Å². The predicted molar refractivity (Wildman–Crippen MR) is 80.5 cm³/mol. The van der Waals surface area contributed by atoms with Crippen LogP contribution in [0.3, 0.4) is 0 Å². The Hall–Kier alpha value is -2.11. The summed E-state index contributed by atoms with van der Waals surface area (Å²) in [4.78, 5) is 16.1. The highest BCUT2D eigenvalue weighted by atomic mass is 35.5. The van der Waals surface area contributed by atoms with Gasteiger partial charge in [-0.2, -0.15) is 0 Å². The van der Waals surface area contributed by atoms with Gasteiger partial charge >= 0.3 is 0 Å². The number of ether oxygens (including phenoxy) is 1. The van der Waals surface area contributed by atoms with E-state index < -0.39 is 6.04 Å². The normalized spacial score (nSPS) is 16.5. The van der Waals surface area contributed by atoms with Crippen molar-refractivity contribution in [3.63, 3.8) is 0 Å². The molecule has 0 saturated carbocycles. The molecule has 2 aromatic rings. The number of pyridine rings is 1. The molecule has 0 aliphatic carbocycles. The van der Waals surface area contributed by atoms with E-state index in [4.69, 9.17) is 16.3 Å². The SMILES string of the molecule is COc1ccc(CNC2C(=O)Nc3ccc(Cl)cc32)cn1. The lowest BCUT2D eigenvalue weighted by atomic mass is 10.1. The molecule has 3 rings (SSSR count).